The predicted octanol–water partition coefficient (Wildman–Crippen LogP) is 3.42. The van der Waals surface area contributed by atoms with Crippen LogP contribution in [0.1, 0.15) is 5.56 Å². The summed E-state index contributed by atoms with van der Waals surface area (Å²) in [6.07, 6.45) is 1.58. The Morgan fingerprint density at radius 3 is 2.68 bits per heavy atom. The molecular formula is C18H15N3O3S. The number of fused-ring (bicyclic) bond motifs is 2. The van der Waals surface area contributed by atoms with Crippen LogP contribution in [-0.2, 0) is 6.61 Å². The first kappa shape index (κ1) is 15.7. The molecule has 2 aromatic carbocycles. The van der Waals surface area contributed by atoms with Crippen molar-refractivity contribution in [2.75, 3.05) is 14.2 Å². The third kappa shape index (κ3) is 2.77. The minimum Gasteiger partial charge on any atom is -0.497 e. The van der Waals surface area contributed by atoms with Crippen LogP contribution < -0.4 is 9.47 Å². The molecule has 1 N–H and O–H groups in total. The lowest BCUT2D eigenvalue weighted by Crippen LogP contribution is -1.95. The van der Waals surface area contributed by atoms with E-state index in [1.807, 2.05) is 30.3 Å². The zero-order chi connectivity index (χ0) is 17.4. The van der Waals surface area contributed by atoms with Crippen LogP contribution in [0.5, 0.6) is 11.6 Å². The average Bonchev–Trinajstić information content (AvgIpc) is 3.09. The molecule has 0 aliphatic carbocycles. The van der Waals surface area contributed by atoms with E-state index in [2.05, 4.69) is 9.97 Å². The summed E-state index contributed by atoms with van der Waals surface area (Å²) in [6.45, 7) is -0.0828. The largest absolute Gasteiger partial charge is 0.497 e. The predicted molar refractivity (Wildman–Crippen MR) is 97.2 cm³/mol. The van der Waals surface area contributed by atoms with E-state index >= 15 is 0 Å². The van der Waals surface area contributed by atoms with E-state index in [1.165, 1.54) is 0 Å². The highest BCUT2D eigenvalue weighted by atomic mass is 32.1. The van der Waals surface area contributed by atoms with Crippen LogP contribution in [0.4, 0.5) is 0 Å². The Hall–Kier alpha value is -2.77. The van der Waals surface area contributed by atoms with E-state index in [0.29, 0.717) is 11.4 Å². The van der Waals surface area contributed by atoms with E-state index in [1.54, 1.807) is 31.8 Å². The maximum absolute atomic E-state index is 9.59. The highest BCUT2D eigenvalue weighted by Gasteiger charge is 2.14. The lowest BCUT2D eigenvalue weighted by atomic mass is 10.1. The summed E-state index contributed by atoms with van der Waals surface area (Å²) in [5.74, 6) is 1.23. The molecule has 25 heavy (non-hydrogen) atoms. The van der Waals surface area contributed by atoms with Crippen molar-refractivity contribution in [3.8, 4) is 22.2 Å². The third-order valence-corrected chi connectivity index (χ3v) is 4.95. The second-order valence-corrected chi connectivity index (χ2v) is 6.46. The van der Waals surface area contributed by atoms with Gasteiger partial charge in [0.2, 0.25) is 5.88 Å². The molecule has 2 aromatic heterocycles. The van der Waals surface area contributed by atoms with Crippen LogP contribution in [-0.4, -0.2) is 34.3 Å². The van der Waals surface area contributed by atoms with Gasteiger partial charge in [-0.25, -0.2) is 15.0 Å². The highest BCUT2D eigenvalue weighted by molar-refractivity contribution is 7.21. The summed E-state index contributed by atoms with van der Waals surface area (Å²) in [4.78, 5) is 13.6. The number of aliphatic hydroxyl groups is 1. The molecule has 0 aliphatic rings. The smallest absolute Gasteiger partial charge is 0.232 e. The van der Waals surface area contributed by atoms with Crippen molar-refractivity contribution in [1.29, 1.82) is 0 Å². The van der Waals surface area contributed by atoms with Gasteiger partial charge in [0.15, 0.2) is 0 Å². The first-order valence-corrected chi connectivity index (χ1v) is 8.43. The van der Waals surface area contributed by atoms with Crippen LogP contribution >= 0.6 is 11.3 Å². The number of nitrogens with zero attached hydrogens (tertiary/aromatic N) is 3. The van der Waals surface area contributed by atoms with Gasteiger partial charge in [-0.05, 0) is 35.9 Å². The molecule has 7 heteroatoms. The van der Waals surface area contributed by atoms with E-state index in [0.717, 1.165) is 37.6 Å². The molecule has 0 bridgehead atoms. The number of ether oxygens (including phenoxy) is 2. The zero-order valence-electron chi connectivity index (χ0n) is 13.7. The van der Waals surface area contributed by atoms with Crippen LogP contribution in [0.2, 0.25) is 0 Å². The van der Waals surface area contributed by atoms with Gasteiger partial charge < -0.3 is 14.6 Å². The van der Waals surface area contributed by atoms with E-state index < -0.39 is 0 Å². The van der Waals surface area contributed by atoms with Crippen LogP contribution in [0.3, 0.4) is 0 Å². The van der Waals surface area contributed by atoms with Gasteiger partial charge in [0.05, 0.1) is 48.3 Å². The second kappa shape index (κ2) is 6.27. The molecule has 126 valence electrons. The molecule has 0 amide bonds. The SMILES string of the molecule is COc1ccc2nc(-c3cc(CO)cc4nc(OC)cnc34)sc2c1. The van der Waals surface area contributed by atoms with Gasteiger partial charge in [-0.15, -0.1) is 11.3 Å². The summed E-state index contributed by atoms with van der Waals surface area (Å²) in [5.41, 5.74) is 3.88. The van der Waals surface area contributed by atoms with Crippen molar-refractivity contribution in [1.82, 2.24) is 15.0 Å². The topological polar surface area (TPSA) is 77.4 Å². The van der Waals surface area contributed by atoms with Gasteiger partial charge in [0, 0.05) is 5.56 Å². The van der Waals surface area contributed by atoms with Crippen molar-refractivity contribution < 1.29 is 14.6 Å². The quantitative estimate of drug-likeness (QED) is 0.606. The third-order valence-electron chi connectivity index (χ3n) is 3.90. The fraction of sp³-hybridized carbons (Fsp3) is 0.167. The van der Waals surface area contributed by atoms with Crippen LogP contribution in [0.25, 0.3) is 31.8 Å². The van der Waals surface area contributed by atoms with E-state index in [9.17, 15) is 5.11 Å². The van der Waals surface area contributed by atoms with Gasteiger partial charge in [0.1, 0.15) is 10.8 Å². The molecule has 2 heterocycles. The summed E-state index contributed by atoms with van der Waals surface area (Å²) in [7, 11) is 3.19. The molecule has 6 nitrogen and oxygen atoms in total. The molecule has 4 rings (SSSR count). The Balaban J connectivity index is 1.95. The molecule has 0 radical (unpaired) electrons. The minimum atomic E-state index is -0.0828. The number of methoxy groups -OCH3 is 2. The van der Waals surface area contributed by atoms with Crippen molar-refractivity contribution in [2.24, 2.45) is 0 Å². The van der Waals surface area contributed by atoms with E-state index in [4.69, 9.17) is 14.5 Å². The standard InChI is InChI=1S/C18H15N3O3S/c1-23-11-3-4-13-15(7-11)25-18(21-13)12-5-10(9-22)6-14-17(12)19-8-16(20-14)24-2/h3-8,22H,9H2,1-2H3. The lowest BCUT2D eigenvalue weighted by Gasteiger charge is -2.07. The van der Waals surface area contributed by atoms with Gasteiger partial charge in [0.25, 0.3) is 0 Å². The summed E-state index contributed by atoms with van der Waals surface area (Å²) < 4.78 is 11.5. The normalized spacial score (nSPS) is 11.2. The first-order chi connectivity index (χ1) is 12.2. The summed E-state index contributed by atoms with van der Waals surface area (Å²) >= 11 is 1.55. The monoisotopic (exact) mass is 353 g/mol. The summed E-state index contributed by atoms with van der Waals surface area (Å²) in [5, 5.41) is 10.4. The van der Waals surface area contributed by atoms with Crippen molar-refractivity contribution in [2.45, 2.75) is 6.61 Å². The van der Waals surface area contributed by atoms with Gasteiger partial charge in [-0.2, -0.15) is 0 Å². The van der Waals surface area contributed by atoms with Crippen molar-refractivity contribution in [3.63, 3.8) is 0 Å². The molecule has 0 saturated carbocycles. The summed E-state index contributed by atoms with van der Waals surface area (Å²) in [6, 6.07) is 9.49. The maximum Gasteiger partial charge on any atom is 0.232 e. The van der Waals surface area contributed by atoms with Crippen LogP contribution in [0, 0.1) is 0 Å². The van der Waals surface area contributed by atoms with E-state index in [-0.39, 0.29) is 6.61 Å². The Kier molecular flexibility index (Phi) is 3.95. The van der Waals surface area contributed by atoms with Gasteiger partial charge in [-0.1, -0.05) is 0 Å². The number of hydrogen-bond donors (Lipinski definition) is 1. The van der Waals surface area contributed by atoms with Crippen LogP contribution in [0.15, 0.2) is 36.5 Å². The second-order valence-electron chi connectivity index (χ2n) is 5.43. The van der Waals surface area contributed by atoms with Gasteiger partial charge in [-0.3, -0.25) is 0 Å². The Morgan fingerprint density at radius 1 is 1.04 bits per heavy atom. The number of aliphatic hydroxyl groups excluding tert-OH is 1. The van der Waals surface area contributed by atoms with Crippen molar-refractivity contribution >= 4 is 32.6 Å². The molecule has 0 atom stereocenters. The number of hydrogen-bond acceptors (Lipinski definition) is 7. The fourth-order valence-electron chi connectivity index (χ4n) is 2.67. The number of thiazole rings is 1. The maximum atomic E-state index is 9.59. The van der Waals surface area contributed by atoms with Gasteiger partial charge >= 0.3 is 0 Å². The lowest BCUT2D eigenvalue weighted by molar-refractivity contribution is 0.282. The molecule has 0 fully saturated rings. The molecular weight excluding hydrogens is 338 g/mol. The van der Waals surface area contributed by atoms with Crippen molar-refractivity contribution in [3.05, 3.63) is 42.1 Å². The highest BCUT2D eigenvalue weighted by Crippen LogP contribution is 2.36. The molecule has 0 unspecified atom stereocenters. The molecule has 0 aliphatic heterocycles. The Bertz CT molecular complexity index is 1070. The zero-order valence-corrected chi connectivity index (χ0v) is 14.5. The first-order valence-electron chi connectivity index (χ1n) is 7.61. The average molecular weight is 353 g/mol. The molecule has 4 aromatic rings. The molecule has 0 spiro atoms. The number of aromatic nitrogens is 3. The Morgan fingerprint density at radius 2 is 1.92 bits per heavy atom. The molecule has 0 saturated heterocycles. The minimum absolute atomic E-state index is 0.0828. The number of benzene rings is 2. The Labute approximate surface area is 147 Å². The number of rotatable bonds is 4. The fourth-order valence-corrected chi connectivity index (χ4v) is 3.68.